The van der Waals surface area contributed by atoms with Crippen molar-refractivity contribution in [3.63, 3.8) is 0 Å². The molecule has 0 saturated carbocycles. The Kier molecular flexibility index (Phi) is 4.79. The van der Waals surface area contributed by atoms with Crippen molar-refractivity contribution >= 4 is 60.5 Å². The van der Waals surface area contributed by atoms with Gasteiger partial charge in [-0.2, -0.15) is 0 Å². The molecule has 1 radical (unpaired) electrons. The zero-order chi connectivity index (χ0) is 25.1. The third-order valence-electron chi connectivity index (χ3n) is 9.08. The molecule has 35 heavy (non-hydrogen) atoms. The fraction of sp³-hybridized carbons (Fsp3) is 0.519. The summed E-state index contributed by atoms with van der Waals surface area (Å²) in [7, 11) is 5.42. The molecule has 0 spiro atoms. The van der Waals surface area contributed by atoms with Crippen LogP contribution >= 0.6 is 0 Å². The Balaban J connectivity index is 1.52. The second-order valence-corrected chi connectivity index (χ2v) is 12.3. The quantitative estimate of drug-likeness (QED) is 0.554. The van der Waals surface area contributed by atoms with Gasteiger partial charge in [0.2, 0.25) is 0 Å². The van der Waals surface area contributed by atoms with Crippen LogP contribution in [0, 0.1) is 0 Å². The van der Waals surface area contributed by atoms with Gasteiger partial charge in [0.05, 0.1) is 0 Å². The second-order valence-electron chi connectivity index (χ2n) is 12.3. The first-order valence-corrected chi connectivity index (χ1v) is 12.6. The van der Waals surface area contributed by atoms with Gasteiger partial charge in [0, 0.05) is 0 Å². The topological polar surface area (TPSA) is 41.9 Å². The van der Waals surface area contributed by atoms with Crippen LogP contribution in [0.3, 0.4) is 0 Å². The molecule has 179 valence electrons. The Morgan fingerprint density at radius 2 is 1.00 bits per heavy atom. The van der Waals surface area contributed by atoms with E-state index in [9.17, 15) is 0 Å². The van der Waals surface area contributed by atoms with Gasteiger partial charge >= 0.3 is 210 Å². The summed E-state index contributed by atoms with van der Waals surface area (Å²) in [6.07, 6.45) is 3.56. The summed E-state index contributed by atoms with van der Waals surface area (Å²) < 4.78 is 27.6. The van der Waals surface area contributed by atoms with Gasteiger partial charge in [0.1, 0.15) is 0 Å². The van der Waals surface area contributed by atoms with E-state index in [-0.39, 0.29) is 22.4 Å². The van der Waals surface area contributed by atoms with E-state index in [1.54, 1.807) is 6.09 Å². The van der Waals surface area contributed by atoms with E-state index < -0.39 is 14.2 Å². The summed E-state index contributed by atoms with van der Waals surface area (Å²) in [4.78, 5) is 0. The van der Waals surface area contributed by atoms with Crippen molar-refractivity contribution in [2.24, 2.45) is 0 Å². The van der Waals surface area contributed by atoms with Crippen molar-refractivity contribution in [1.82, 2.24) is 4.57 Å². The Hall–Kier alpha value is -1.86. The van der Waals surface area contributed by atoms with Crippen molar-refractivity contribution in [1.29, 1.82) is 0 Å². The summed E-state index contributed by atoms with van der Waals surface area (Å²) >= 11 is 0. The third-order valence-corrected chi connectivity index (χ3v) is 9.08. The number of aromatic nitrogens is 1. The normalized spacial score (nSPS) is 23.6. The number of nitrogens with zero attached hydrogens (tertiary/aromatic N) is 1. The molecular formula is C27H33B3NO4. The van der Waals surface area contributed by atoms with E-state index in [0.717, 1.165) is 34.8 Å². The van der Waals surface area contributed by atoms with Crippen LogP contribution < -0.4 is 10.9 Å². The first-order chi connectivity index (χ1) is 16.2. The van der Waals surface area contributed by atoms with E-state index >= 15 is 0 Å². The molecule has 3 heterocycles. The number of hydrogen-bond donors (Lipinski definition) is 0. The number of benzene rings is 2. The van der Waals surface area contributed by atoms with Gasteiger partial charge < -0.3 is 0 Å². The predicted molar refractivity (Wildman–Crippen MR) is 145 cm³/mol. The van der Waals surface area contributed by atoms with Crippen molar-refractivity contribution in [2.45, 2.75) is 90.6 Å². The van der Waals surface area contributed by atoms with E-state index in [0.29, 0.717) is 0 Å². The maximum absolute atomic E-state index is 6.38. The summed E-state index contributed by atoms with van der Waals surface area (Å²) in [6.45, 7) is 16.7. The third kappa shape index (κ3) is 3.23. The Morgan fingerprint density at radius 1 is 0.657 bits per heavy atom. The average Bonchev–Trinajstić information content (AvgIpc) is 3.29. The molecule has 2 aromatic carbocycles. The zero-order valence-corrected chi connectivity index (χ0v) is 22.1. The Bertz CT molecular complexity index is 1270. The molecule has 1 aromatic heterocycles. The second kappa shape index (κ2) is 7.13. The fourth-order valence-electron chi connectivity index (χ4n) is 5.56. The molecule has 1 aliphatic carbocycles. The molecule has 0 atom stereocenters. The van der Waals surface area contributed by atoms with Gasteiger partial charge in [0.25, 0.3) is 0 Å². The van der Waals surface area contributed by atoms with E-state index in [2.05, 4.69) is 84.2 Å². The fourth-order valence-corrected chi connectivity index (χ4v) is 5.56. The maximum atomic E-state index is 6.38. The molecule has 0 bridgehead atoms. The molecule has 8 heteroatoms. The standard InChI is InChI=1S/C27H33B3NO4/c1-24(2)25(3,4)33-29(32-24)18-11-16-9-10-17-12-19(30-34-26(5,6)27(7,8)35-30)14-21-23(17)22(16)20(13-18)31(21)15-28/h11-15H,9-10H2,1-8H3. The molecule has 2 aliphatic heterocycles. The molecule has 0 amide bonds. The van der Waals surface area contributed by atoms with E-state index in [1.165, 1.54) is 21.9 Å². The molecule has 0 unspecified atom stereocenters. The molecule has 0 N–H and O–H groups in total. The molecule has 5 nitrogen and oxygen atoms in total. The van der Waals surface area contributed by atoms with Crippen molar-refractivity contribution in [2.75, 3.05) is 0 Å². The van der Waals surface area contributed by atoms with Gasteiger partial charge in [-0.25, -0.2) is 0 Å². The molecule has 3 aliphatic rings. The molecule has 3 aromatic rings. The first-order valence-electron chi connectivity index (χ1n) is 12.6. The van der Waals surface area contributed by atoms with Crippen LogP contribution in [-0.2, 0) is 31.5 Å². The predicted octanol–water partition coefficient (Wildman–Crippen LogP) is 3.27. The van der Waals surface area contributed by atoms with Crippen LogP contribution in [0.5, 0.6) is 0 Å². The molecule has 2 saturated heterocycles. The summed E-state index contributed by atoms with van der Waals surface area (Å²) in [5.41, 5.74) is 5.31. The molecule has 6 rings (SSSR count). The van der Waals surface area contributed by atoms with Gasteiger partial charge in [-0.1, -0.05) is 0 Å². The number of aryl methyl sites for hydroxylation is 2. The van der Waals surface area contributed by atoms with Crippen LogP contribution in [-0.4, -0.2) is 54.8 Å². The van der Waals surface area contributed by atoms with Gasteiger partial charge in [0.15, 0.2) is 0 Å². The first kappa shape index (κ1) is 23.5. The monoisotopic (exact) mass is 468 g/mol. The van der Waals surface area contributed by atoms with Gasteiger partial charge in [-0.15, -0.1) is 0 Å². The molecular weight excluding hydrogens is 435 g/mol. The van der Waals surface area contributed by atoms with Crippen LogP contribution in [0.25, 0.3) is 21.8 Å². The van der Waals surface area contributed by atoms with Crippen LogP contribution in [0.15, 0.2) is 24.3 Å². The van der Waals surface area contributed by atoms with Gasteiger partial charge in [-0.05, 0) is 0 Å². The van der Waals surface area contributed by atoms with Crippen molar-refractivity contribution in [3.8, 4) is 0 Å². The summed E-state index contributed by atoms with van der Waals surface area (Å²) in [5, 5.41) is 2.53. The van der Waals surface area contributed by atoms with Crippen LogP contribution in [0.2, 0.25) is 0 Å². The molecule has 2 fully saturated rings. The SMILES string of the molecule is [B]=Cn1c2cc(B3OC(C)(C)C(C)(C)O3)cc3c2c2c(cc(B4OC(C)(C)C(C)(C)O4)cc21)CC3. The number of rotatable bonds is 3. The zero-order valence-electron chi connectivity index (χ0n) is 22.1. The van der Waals surface area contributed by atoms with E-state index in [4.69, 9.17) is 26.1 Å². The van der Waals surface area contributed by atoms with Crippen molar-refractivity contribution < 1.29 is 18.6 Å². The minimum atomic E-state index is -0.411. The van der Waals surface area contributed by atoms with Crippen molar-refractivity contribution in [3.05, 3.63) is 35.4 Å². The number of hydrogen-bond acceptors (Lipinski definition) is 4. The van der Waals surface area contributed by atoms with Crippen LogP contribution in [0.1, 0.15) is 66.5 Å². The summed E-state index contributed by atoms with van der Waals surface area (Å²) in [6, 6.07) is 8.87. The van der Waals surface area contributed by atoms with Gasteiger partial charge in [-0.3, -0.25) is 0 Å². The van der Waals surface area contributed by atoms with E-state index in [1.807, 2.05) is 0 Å². The van der Waals surface area contributed by atoms with Crippen LogP contribution in [0.4, 0.5) is 0 Å². The minimum absolute atomic E-state index is 0.387. The Labute approximate surface area is 209 Å². The average molecular weight is 468 g/mol. The summed E-state index contributed by atoms with van der Waals surface area (Å²) in [5.74, 6) is 0. The Morgan fingerprint density at radius 3 is 1.31 bits per heavy atom.